The van der Waals surface area contributed by atoms with Crippen molar-refractivity contribution in [2.24, 2.45) is 0 Å². The van der Waals surface area contributed by atoms with Crippen LogP contribution in [0.1, 0.15) is 35.6 Å². The SMILES string of the molecule is [Ag+].[Ag+].[O-][Cl+3]([O-])([O-])[O-].[O-][Cl+3]([O-])([O-])[O-].c1ccc(CCCc2ccccn2)nc1.c1ccc(CCCc2ccccn2)nc1. The van der Waals surface area contributed by atoms with Crippen LogP contribution in [0.15, 0.2) is 97.6 Å². The third kappa shape index (κ3) is 29.8. The fraction of sp³-hybridized carbons (Fsp3) is 0.231. The molecule has 0 spiro atoms. The maximum Gasteiger partial charge on any atom is 1.00 e. The van der Waals surface area contributed by atoms with Crippen LogP contribution in [0.3, 0.4) is 0 Å². The molecule has 0 N–H and O–H groups in total. The van der Waals surface area contributed by atoms with Gasteiger partial charge in [-0.05, 0) is 87.1 Å². The summed E-state index contributed by atoms with van der Waals surface area (Å²) in [6, 6.07) is 24.2. The van der Waals surface area contributed by atoms with Crippen molar-refractivity contribution < 1.29 is 103 Å². The van der Waals surface area contributed by atoms with Crippen molar-refractivity contribution in [2.45, 2.75) is 38.5 Å². The number of halogens is 2. The Morgan fingerprint density at radius 3 is 0.714 bits per heavy atom. The van der Waals surface area contributed by atoms with Crippen LogP contribution in [0.5, 0.6) is 0 Å². The van der Waals surface area contributed by atoms with E-state index in [9.17, 15) is 0 Å². The average molecular weight is 811 g/mol. The van der Waals surface area contributed by atoms with Crippen molar-refractivity contribution in [3.05, 3.63) is 120 Å². The fourth-order valence-electron chi connectivity index (χ4n) is 3.09. The summed E-state index contributed by atoms with van der Waals surface area (Å²) in [5.41, 5.74) is 4.64. The molecule has 0 radical (unpaired) electrons. The molecular formula is C26H28Ag2Cl2N4O8. The first-order chi connectivity index (χ1) is 18.9. The van der Waals surface area contributed by atoms with Gasteiger partial charge in [-0.2, -0.15) is 0 Å². The van der Waals surface area contributed by atoms with Gasteiger partial charge < -0.3 is 0 Å². The first-order valence-electron chi connectivity index (χ1n) is 11.7. The summed E-state index contributed by atoms with van der Waals surface area (Å²) in [5.74, 6) is 0. The molecule has 0 unspecified atom stereocenters. The third-order valence-electron chi connectivity index (χ3n) is 4.64. The Morgan fingerprint density at radius 2 is 0.571 bits per heavy atom. The predicted octanol–water partition coefficient (Wildman–Crippen LogP) is -4.21. The summed E-state index contributed by atoms with van der Waals surface area (Å²) in [7, 11) is -9.89. The number of hydrogen-bond donors (Lipinski definition) is 0. The van der Waals surface area contributed by atoms with E-state index < -0.39 is 20.5 Å². The Kier molecular flexibility index (Phi) is 25.0. The second kappa shape index (κ2) is 24.7. The van der Waals surface area contributed by atoms with E-state index in [-0.39, 0.29) is 44.8 Å². The Labute approximate surface area is 279 Å². The molecule has 0 aliphatic carbocycles. The van der Waals surface area contributed by atoms with Crippen molar-refractivity contribution in [2.75, 3.05) is 0 Å². The molecule has 0 aliphatic heterocycles. The number of nitrogens with zero attached hydrogens (tertiary/aromatic N) is 4. The van der Waals surface area contributed by atoms with Gasteiger partial charge in [-0.15, -0.1) is 20.5 Å². The second-order valence-corrected chi connectivity index (χ2v) is 9.26. The molecule has 0 aromatic carbocycles. The van der Waals surface area contributed by atoms with E-state index in [4.69, 9.17) is 37.3 Å². The van der Waals surface area contributed by atoms with Crippen molar-refractivity contribution in [3.8, 4) is 0 Å². The molecule has 0 atom stereocenters. The summed E-state index contributed by atoms with van der Waals surface area (Å²) in [5, 5.41) is 0. The molecule has 4 aromatic heterocycles. The molecule has 0 amide bonds. The van der Waals surface area contributed by atoms with E-state index in [2.05, 4.69) is 44.2 Å². The number of rotatable bonds is 8. The van der Waals surface area contributed by atoms with Crippen LogP contribution in [-0.4, -0.2) is 19.9 Å². The molecule has 4 aromatic rings. The van der Waals surface area contributed by atoms with Crippen molar-refractivity contribution in [1.82, 2.24) is 19.9 Å². The maximum absolute atomic E-state index is 8.49. The first-order valence-corrected chi connectivity index (χ1v) is 14.2. The number of hydrogen-bond acceptors (Lipinski definition) is 12. The maximum atomic E-state index is 8.49. The van der Waals surface area contributed by atoms with E-state index in [1.54, 1.807) is 0 Å². The molecule has 4 heterocycles. The Morgan fingerprint density at radius 1 is 0.381 bits per heavy atom. The normalized spacial score (nSPS) is 10.1. The Balaban J connectivity index is 0. The Hall–Kier alpha value is -1.66. The van der Waals surface area contributed by atoms with Crippen LogP contribution in [0.4, 0.5) is 0 Å². The van der Waals surface area contributed by atoms with Crippen LogP contribution < -0.4 is 37.3 Å². The van der Waals surface area contributed by atoms with E-state index in [0.29, 0.717) is 0 Å². The molecular weight excluding hydrogens is 783 g/mol. The van der Waals surface area contributed by atoms with E-state index in [0.717, 1.165) is 61.3 Å². The van der Waals surface area contributed by atoms with E-state index in [1.807, 2.05) is 73.3 Å². The van der Waals surface area contributed by atoms with E-state index in [1.165, 1.54) is 0 Å². The van der Waals surface area contributed by atoms with Gasteiger partial charge in [-0.3, -0.25) is 19.9 Å². The van der Waals surface area contributed by atoms with Crippen LogP contribution in [-0.2, 0) is 70.4 Å². The number of aromatic nitrogens is 4. The summed E-state index contributed by atoms with van der Waals surface area (Å²) >= 11 is 0. The summed E-state index contributed by atoms with van der Waals surface area (Å²) in [4.78, 5) is 17.2. The molecule has 42 heavy (non-hydrogen) atoms. The van der Waals surface area contributed by atoms with Gasteiger partial charge in [0.05, 0.1) is 0 Å². The average Bonchev–Trinajstić information content (AvgIpc) is 2.90. The van der Waals surface area contributed by atoms with Crippen molar-refractivity contribution in [3.63, 3.8) is 0 Å². The molecule has 0 saturated carbocycles. The van der Waals surface area contributed by atoms with Gasteiger partial charge in [-0.25, -0.2) is 37.3 Å². The Bertz CT molecular complexity index is 967. The van der Waals surface area contributed by atoms with Gasteiger partial charge >= 0.3 is 44.8 Å². The van der Waals surface area contributed by atoms with Gasteiger partial charge in [0, 0.05) is 47.6 Å². The molecule has 0 fully saturated rings. The summed E-state index contributed by atoms with van der Waals surface area (Å²) in [6.45, 7) is 0. The zero-order valence-corrected chi connectivity index (χ0v) is 26.4. The molecule has 0 saturated heterocycles. The smallest absolute Gasteiger partial charge is 0.261 e. The second-order valence-electron chi connectivity index (χ2n) is 7.75. The minimum atomic E-state index is -4.94. The van der Waals surface area contributed by atoms with Gasteiger partial charge in [-0.1, -0.05) is 24.3 Å². The quantitative estimate of drug-likeness (QED) is 0.154. The van der Waals surface area contributed by atoms with Crippen LogP contribution in [0, 0.1) is 20.5 Å². The standard InChI is InChI=1S/2C13H14N2.2Ag.2ClHO4/c2*1-3-10-14-12(6-1)8-5-9-13-7-2-4-11-15-13;;;2*2-1(3,4)5/h2*1-4,6-7,10-11H,5,8-9H2;;;2*(H,2,3,4,5)/q;;2*+1;;/p-2. The van der Waals surface area contributed by atoms with Gasteiger partial charge in [0.2, 0.25) is 0 Å². The monoisotopic (exact) mass is 808 g/mol. The zero-order valence-electron chi connectivity index (χ0n) is 21.9. The molecule has 0 aliphatic rings. The topological polar surface area (TPSA) is 236 Å². The molecule has 12 nitrogen and oxygen atoms in total. The molecule has 236 valence electrons. The largest absolute Gasteiger partial charge is 1.00 e. The van der Waals surface area contributed by atoms with E-state index >= 15 is 0 Å². The summed E-state index contributed by atoms with van der Waals surface area (Å²) in [6.07, 6.45) is 13.7. The van der Waals surface area contributed by atoms with Gasteiger partial charge in [0.1, 0.15) is 0 Å². The van der Waals surface area contributed by atoms with Crippen LogP contribution in [0.25, 0.3) is 0 Å². The zero-order chi connectivity index (χ0) is 29.7. The fourth-order valence-corrected chi connectivity index (χ4v) is 3.09. The van der Waals surface area contributed by atoms with Crippen LogP contribution in [0.2, 0.25) is 0 Å². The number of pyridine rings is 4. The van der Waals surface area contributed by atoms with Crippen molar-refractivity contribution >= 4 is 0 Å². The molecule has 4 rings (SSSR count). The van der Waals surface area contributed by atoms with Crippen molar-refractivity contribution in [1.29, 1.82) is 0 Å². The third-order valence-corrected chi connectivity index (χ3v) is 4.64. The minimum absolute atomic E-state index is 0. The van der Waals surface area contributed by atoms with Gasteiger partial charge in [0.15, 0.2) is 0 Å². The number of aryl methyl sites for hydroxylation is 4. The molecule has 0 bridgehead atoms. The predicted molar refractivity (Wildman–Crippen MR) is 121 cm³/mol. The summed E-state index contributed by atoms with van der Waals surface area (Å²) < 4.78 is 67.9. The van der Waals surface area contributed by atoms with Crippen LogP contribution >= 0.6 is 0 Å². The first kappa shape index (κ1) is 42.5. The molecule has 16 heteroatoms. The van der Waals surface area contributed by atoms with Gasteiger partial charge in [0.25, 0.3) is 0 Å². The minimum Gasteiger partial charge on any atom is -0.261 e.